The largest absolute Gasteiger partial charge is 0.471 e. The van der Waals surface area contributed by atoms with Crippen molar-refractivity contribution < 1.29 is 23.9 Å². The number of ether oxygens (including phenoxy) is 2. The Hall–Kier alpha value is -2.11. The van der Waals surface area contributed by atoms with E-state index in [0.29, 0.717) is 11.9 Å². The van der Waals surface area contributed by atoms with Gasteiger partial charge in [0.2, 0.25) is 5.91 Å². The zero-order chi connectivity index (χ0) is 13.3. The first-order chi connectivity index (χ1) is 8.63. The molecule has 2 rings (SSSR count). The van der Waals surface area contributed by atoms with Crippen LogP contribution in [0.4, 0.5) is 0 Å². The SMILES string of the molecule is C=CC/C(C=O)=C1\O[C@@H]2CC(=O)N2C1C(=O)OC. The highest BCUT2D eigenvalue weighted by Crippen LogP contribution is 2.38. The van der Waals surface area contributed by atoms with Gasteiger partial charge in [-0.25, -0.2) is 4.79 Å². The Morgan fingerprint density at radius 2 is 2.39 bits per heavy atom. The molecule has 0 aromatic carbocycles. The molecule has 0 aliphatic carbocycles. The fourth-order valence-corrected chi connectivity index (χ4v) is 2.09. The number of methoxy groups -OCH3 is 1. The summed E-state index contributed by atoms with van der Waals surface area (Å²) in [5, 5.41) is 0. The second kappa shape index (κ2) is 4.64. The number of carbonyl (C=O) groups is 3. The summed E-state index contributed by atoms with van der Waals surface area (Å²) in [6.45, 7) is 3.53. The van der Waals surface area contributed by atoms with Gasteiger partial charge in [0.1, 0.15) is 12.0 Å². The molecule has 0 aromatic heterocycles. The van der Waals surface area contributed by atoms with Crippen LogP contribution in [-0.4, -0.2) is 42.4 Å². The van der Waals surface area contributed by atoms with Crippen LogP contribution in [0.2, 0.25) is 0 Å². The third-order valence-corrected chi connectivity index (χ3v) is 2.98. The molecule has 1 unspecified atom stereocenters. The lowest BCUT2D eigenvalue weighted by atomic mass is 10.0. The van der Waals surface area contributed by atoms with Gasteiger partial charge in [-0.05, 0) is 6.42 Å². The summed E-state index contributed by atoms with van der Waals surface area (Å²) in [7, 11) is 1.23. The summed E-state index contributed by atoms with van der Waals surface area (Å²) in [4.78, 5) is 35.5. The number of nitrogens with zero attached hydrogens (tertiary/aromatic N) is 1. The van der Waals surface area contributed by atoms with E-state index in [4.69, 9.17) is 4.74 Å². The lowest BCUT2D eigenvalue weighted by Crippen LogP contribution is -2.55. The van der Waals surface area contributed by atoms with Gasteiger partial charge in [-0.15, -0.1) is 6.58 Å². The van der Waals surface area contributed by atoms with Crippen LogP contribution in [-0.2, 0) is 23.9 Å². The highest BCUT2D eigenvalue weighted by atomic mass is 16.6. The highest BCUT2D eigenvalue weighted by molar-refractivity contribution is 5.93. The monoisotopic (exact) mass is 251 g/mol. The molecule has 2 fully saturated rings. The van der Waals surface area contributed by atoms with Crippen molar-refractivity contribution in [2.45, 2.75) is 25.1 Å². The molecule has 0 N–H and O–H groups in total. The van der Waals surface area contributed by atoms with Gasteiger partial charge in [0.05, 0.1) is 13.5 Å². The van der Waals surface area contributed by atoms with Crippen molar-refractivity contribution in [2.24, 2.45) is 0 Å². The number of amides is 1. The van der Waals surface area contributed by atoms with Crippen LogP contribution >= 0.6 is 0 Å². The molecule has 6 nitrogen and oxygen atoms in total. The topological polar surface area (TPSA) is 72.9 Å². The predicted octanol–water partition coefficient (Wildman–Crippen LogP) is 0.146. The van der Waals surface area contributed by atoms with E-state index < -0.39 is 18.2 Å². The number of carbonyl (C=O) groups excluding carboxylic acids is 3. The molecule has 2 heterocycles. The minimum atomic E-state index is -0.943. The lowest BCUT2D eigenvalue weighted by Gasteiger charge is -2.33. The first kappa shape index (κ1) is 12.3. The van der Waals surface area contributed by atoms with E-state index in [9.17, 15) is 14.4 Å². The summed E-state index contributed by atoms with van der Waals surface area (Å²) in [5.74, 6) is -0.592. The smallest absolute Gasteiger partial charge is 0.336 e. The molecular weight excluding hydrogens is 238 g/mol. The molecular formula is C12H13NO5. The number of hydrogen-bond donors (Lipinski definition) is 0. The van der Waals surface area contributed by atoms with E-state index in [-0.39, 0.29) is 24.5 Å². The van der Waals surface area contributed by atoms with Crippen molar-refractivity contribution in [2.75, 3.05) is 7.11 Å². The molecule has 0 saturated carbocycles. The van der Waals surface area contributed by atoms with Crippen LogP contribution < -0.4 is 0 Å². The Bertz CT molecular complexity index is 453. The average Bonchev–Trinajstić information content (AvgIpc) is 2.67. The fourth-order valence-electron chi connectivity index (χ4n) is 2.09. The molecule has 0 radical (unpaired) electrons. The molecule has 0 aromatic rings. The highest BCUT2D eigenvalue weighted by Gasteiger charge is 2.54. The molecule has 0 spiro atoms. The Balaban J connectivity index is 2.39. The summed E-state index contributed by atoms with van der Waals surface area (Å²) in [6.07, 6.45) is 2.18. The van der Waals surface area contributed by atoms with Gasteiger partial charge >= 0.3 is 5.97 Å². The zero-order valence-electron chi connectivity index (χ0n) is 9.92. The van der Waals surface area contributed by atoms with Gasteiger partial charge in [0, 0.05) is 5.57 Å². The molecule has 2 atom stereocenters. The summed E-state index contributed by atoms with van der Waals surface area (Å²) < 4.78 is 10.1. The van der Waals surface area contributed by atoms with Crippen LogP contribution in [0, 0.1) is 0 Å². The van der Waals surface area contributed by atoms with E-state index in [1.165, 1.54) is 18.1 Å². The number of rotatable bonds is 4. The molecule has 96 valence electrons. The number of esters is 1. The third-order valence-electron chi connectivity index (χ3n) is 2.98. The standard InChI is InChI=1S/C12H13NO5/c1-3-4-7(6-14)11-10(12(16)17-2)13-8(15)5-9(13)18-11/h3,6,9-10H,1,4-5H2,2H3/b11-7+/t9-,10?/m1/s1. The molecule has 2 aliphatic heterocycles. The van der Waals surface area contributed by atoms with E-state index in [2.05, 4.69) is 11.3 Å². The summed E-state index contributed by atoms with van der Waals surface area (Å²) >= 11 is 0. The Morgan fingerprint density at radius 3 is 2.89 bits per heavy atom. The van der Waals surface area contributed by atoms with Crippen molar-refractivity contribution in [1.82, 2.24) is 4.90 Å². The van der Waals surface area contributed by atoms with Crippen LogP contribution in [0.15, 0.2) is 24.0 Å². The van der Waals surface area contributed by atoms with Crippen LogP contribution in [0.1, 0.15) is 12.8 Å². The van der Waals surface area contributed by atoms with Gasteiger partial charge < -0.3 is 9.47 Å². The van der Waals surface area contributed by atoms with Gasteiger partial charge in [-0.2, -0.15) is 0 Å². The quantitative estimate of drug-likeness (QED) is 0.234. The van der Waals surface area contributed by atoms with Crippen molar-refractivity contribution in [3.05, 3.63) is 24.0 Å². The number of fused-ring (bicyclic) bond motifs is 1. The second-order valence-electron chi connectivity index (χ2n) is 4.00. The molecule has 6 heteroatoms. The Morgan fingerprint density at radius 1 is 1.67 bits per heavy atom. The van der Waals surface area contributed by atoms with E-state index in [0.717, 1.165) is 0 Å². The number of aldehydes is 1. The minimum Gasteiger partial charge on any atom is -0.471 e. The minimum absolute atomic E-state index is 0.186. The van der Waals surface area contributed by atoms with Crippen molar-refractivity contribution >= 4 is 18.2 Å². The maximum atomic E-state index is 11.7. The van der Waals surface area contributed by atoms with Gasteiger partial charge in [0.25, 0.3) is 0 Å². The second-order valence-corrected chi connectivity index (χ2v) is 4.00. The van der Waals surface area contributed by atoms with Gasteiger partial charge in [0.15, 0.2) is 12.3 Å². The Kier molecular flexibility index (Phi) is 3.18. The van der Waals surface area contributed by atoms with Crippen LogP contribution in [0.3, 0.4) is 0 Å². The van der Waals surface area contributed by atoms with Crippen LogP contribution in [0.25, 0.3) is 0 Å². The fraction of sp³-hybridized carbons (Fsp3) is 0.417. The average molecular weight is 251 g/mol. The van der Waals surface area contributed by atoms with E-state index in [1.807, 2.05) is 0 Å². The molecule has 1 amide bonds. The molecule has 2 saturated heterocycles. The first-order valence-electron chi connectivity index (χ1n) is 5.48. The van der Waals surface area contributed by atoms with E-state index in [1.54, 1.807) is 0 Å². The normalized spacial score (nSPS) is 27.8. The van der Waals surface area contributed by atoms with Crippen molar-refractivity contribution in [3.63, 3.8) is 0 Å². The maximum absolute atomic E-state index is 11.7. The summed E-state index contributed by atoms with van der Waals surface area (Å²) in [6, 6.07) is -0.943. The molecule has 0 bridgehead atoms. The van der Waals surface area contributed by atoms with Crippen molar-refractivity contribution in [3.8, 4) is 0 Å². The Labute approximate surface area is 104 Å². The van der Waals surface area contributed by atoms with Crippen LogP contribution in [0.5, 0.6) is 0 Å². The first-order valence-corrected chi connectivity index (χ1v) is 5.48. The van der Waals surface area contributed by atoms with Crippen molar-refractivity contribution in [1.29, 1.82) is 0 Å². The maximum Gasteiger partial charge on any atom is 0.336 e. The predicted molar refractivity (Wildman–Crippen MR) is 60.0 cm³/mol. The summed E-state index contributed by atoms with van der Waals surface area (Å²) in [5.41, 5.74) is 0.308. The molecule has 2 aliphatic rings. The number of hydrogen-bond acceptors (Lipinski definition) is 5. The lowest BCUT2D eigenvalue weighted by molar-refractivity contribution is -0.164. The number of allylic oxidation sites excluding steroid dienone is 2. The zero-order valence-corrected chi connectivity index (χ0v) is 9.92. The van der Waals surface area contributed by atoms with Gasteiger partial charge in [-0.1, -0.05) is 6.08 Å². The van der Waals surface area contributed by atoms with E-state index >= 15 is 0 Å². The molecule has 18 heavy (non-hydrogen) atoms. The van der Waals surface area contributed by atoms with Gasteiger partial charge in [-0.3, -0.25) is 14.5 Å². The third kappa shape index (κ3) is 1.70. The number of β-lactam (4-membered cyclic amide) rings is 1.